The standard InChI is InChI=1S/C9H10ClF3N4O/c1-4(2-6(14)18)15-7-3-5(9(11,12)13)16-8(10)17-7/h3-4H,2H2,1H3,(H2,14,18)(H,15,16,17). The van der Waals surface area contributed by atoms with E-state index in [1.54, 1.807) is 6.92 Å². The third-order valence-electron chi connectivity index (χ3n) is 1.89. The van der Waals surface area contributed by atoms with Gasteiger partial charge in [-0.1, -0.05) is 0 Å². The molecule has 1 amide bonds. The molecule has 0 saturated carbocycles. The van der Waals surface area contributed by atoms with Crippen LogP contribution in [-0.4, -0.2) is 21.9 Å². The molecule has 1 heterocycles. The summed E-state index contributed by atoms with van der Waals surface area (Å²) in [6.45, 7) is 1.58. The fourth-order valence-corrected chi connectivity index (χ4v) is 1.42. The molecule has 0 aromatic carbocycles. The molecular formula is C9H10ClF3N4O. The van der Waals surface area contributed by atoms with Gasteiger partial charge < -0.3 is 11.1 Å². The first-order chi connectivity index (χ1) is 8.18. The lowest BCUT2D eigenvalue weighted by molar-refractivity contribution is -0.141. The molecule has 0 fully saturated rings. The largest absolute Gasteiger partial charge is 0.433 e. The van der Waals surface area contributed by atoms with Crippen LogP contribution in [0.2, 0.25) is 5.28 Å². The number of nitrogens with zero attached hydrogens (tertiary/aromatic N) is 2. The molecule has 0 saturated heterocycles. The van der Waals surface area contributed by atoms with Gasteiger partial charge in [-0.2, -0.15) is 13.2 Å². The predicted molar refractivity (Wildman–Crippen MR) is 58.9 cm³/mol. The van der Waals surface area contributed by atoms with E-state index in [2.05, 4.69) is 15.3 Å². The number of carbonyl (C=O) groups excluding carboxylic acids is 1. The smallest absolute Gasteiger partial charge is 0.370 e. The van der Waals surface area contributed by atoms with Crippen LogP contribution in [0.3, 0.4) is 0 Å². The van der Waals surface area contributed by atoms with Crippen molar-refractivity contribution in [2.45, 2.75) is 25.6 Å². The van der Waals surface area contributed by atoms with Gasteiger partial charge in [0.2, 0.25) is 11.2 Å². The number of rotatable bonds is 4. The van der Waals surface area contributed by atoms with Crippen molar-refractivity contribution in [2.75, 3.05) is 5.32 Å². The Hall–Kier alpha value is -1.57. The number of hydrogen-bond acceptors (Lipinski definition) is 4. The number of hydrogen-bond donors (Lipinski definition) is 2. The van der Waals surface area contributed by atoms with Crippen LogP contribution < -0.4 is 11.1 Å². The third-order valence-corrected chi connectivity index (χ3v) is 2.06. The normalized spacial score (nSPS) is 13.2. The summed E-state index contributed by atoms with van der Waals surface area (Å²) in [6.07, 6.45) is -4.65. The van der Waals surface area contributed by atoms with E-state index in [4.69, 9.17) is 17.3 Å². The summed E-state index contributed by atoms with van der Waals surface area (Å²) in [6, 6.07) is 0.248. The molecule has 1 aromatic heterocycles. The number of alkyl halides is 3. The Morgan fingerprint density at radius 2 is 2.17 bits per heavy atom. The van der Waals surface area contributed by atoms with Gasteiger partial charge in [0.05, 0.1) is 0 Å². The summed E-state index contributed by atoms with van der Waals surface area (Å²) < 4.78 is 37.3. The Bertz CT molecular complexity index is 452. The summed E-state index contributed by atoms with van der Waals surface area (Å²) in [4.78, 5) is 17.3. The van der Waals surface area contributed by atoms with E-state index in [0.29, 0.717) is 6.07 Å². The van der Waals surface area contributed by atoms with Gasteiger partial charge in [0, 0.05) is 18.5 Å². The predicted octanol–water partition coefficient (Wildman–Crippen LogP) is 1.82. The minimum Gasteiger partial charge on any atom is -0.370 e. The van der Waals surface area contributed by atoms with E-state index in [1.807, 2.05) is 0 Å². The van der Waals surface area contributed by atoms with Crippen LogP contribution in [0.5, 0.6) is 0 Å². The van der Waals surface area contributed by atoms with E-state index < -0.39 is 29.1 Å². The lowest BCUT2D eigenvalue weighted by Crippen LogP contribution is -2.24. The summed E-state index contributed by atoms with van der Waals surface area (Å²) in [5.74, 6) is -0.692. The minimum absolute atomic E-state index is 0.0387. The lowest BCUT2D eigenvalue weighted by atomic mass is 10.2. The van der Waals surface area contributed by atoms with Crippen molar-refractivity contribution in [1.29, 1.82) is 0 Å². The van der Waals surface area contributed by atoms with Gasteiger partial charge in [-0.3, -0.25) is 4.79 Å². The number of carbonyl (C=O) groups is 1. The fourth-order valence-electron chi connectivity index (χ4n) is 1.24. The molecule has 0 aliphatic carbocycles. The van der Waals surface area contributed by atoms with Crippen LogP contribution in [0.15, 0.2) is 6.07 Å². The average molecular weight is 283 g/mol. The van der Waals surface area contributed by atoms with Crippen molar-refractivity contribution in [3.63, 3.8) is 0 Å². The van der Waals surface area contributed by atoms with Gasteiger partial charge in [0.1, 0.15) is 5.82 Å². The molecule has 0 radical (unpaired) electrons. The molecule has 3 N–H and O–H groups in total. The van der Waals surface area contributed by atoms with Crippen molar-refractivity contribution >= 4 is 23.3 Å². The summed E-state index contributed by atoms with van der Waals surface area (Å²) in [5.41, 5.74) is 3.80. The van der Waals surface area contributed by atoms with E-state index in [-0.39, 0.29) is 12.2 Å². The highest BCUT2D eigenvalue weighted by Crippen LogP contribution is 2.29. The molecular weight excluding hydrogens is 273 g/mol. The Labute approximate surface area is 106 Å². The van der Waals surface area contributed by atoms with Crippen molar-refractivity contribution in [2.24, 2.45) is 5.73 Å². The van der Waals surface area contributed by atoms with Crippen molar-refractivity contribution in [3.05, 3.63) is 17.0 Å². The van der Waals surface area contributed by atoms with Crippen LogP contribution in [0.1, 0.15) is 19.0 Å². The molecule has 1 rings (SSSR count). The van der Waals surface area contributed by atoms with E-state index >= 15 is 0 Å². The number of halogens is 4. The zero-order valence-corrected chi connectivity index (χ0v) is 10.0. The van der Waals surface area contributed by atoms with Gasteiger partial charge in [0.25, 0.3) is 0 Å². The quantitative estimate of drug-likeness (QED) is 0.826. The van der Waals surface area contributed by atoms with Gasteiger partial charge >= 0.3 is 6.18 Å². The Morgan fingerprint density at radius 1 is 1.56 bits per heavy atom. The Morgan fingerprint density at radius 3 is 2.67 bits per heavy atom. The van der Waals surface area contributed by atoms with Gasteiger partial charge in [-0.05, 0) is 18.5 Å². The molecule has 5 nitrogen and oxygen atoms in total. The monoisotopic (exact) mass is 282 g/mol. The van der Waals surface area contributed by atoms with Gasteiger partial charge in [0.15, 0.2) is 5.69 Å². The van der Waals surface area contributed by atoms with Crippen LogP contribution in [0, 0.1) is 0 Å². The number of amides is 1. The second-order valence-corrected chi connectivity index (χ2v) is 3.96. The number of primary amides is 1. The number of nitrogens with two attached hydrogens (primary N) is 1. The molecule has 18 heavy (non-hydrogen) atoms. The van der Waals surface area contributed by atoms with E-state index in [9.17, 15) is 18.0 Å². The van der Waals surface area contributed by atoms with Crippen molar-refractivity contribution < 1.29 is 18.0 Å². The molecule has 0 spiro atoms. The Kier molecular flexibility index (Phi) is 4.33. The first-order valence-electron chi connectivity index (χ1n) is 4.85. The number of anilines is 1. The molecule has 0 aliphatic rings. The molecule has 9 heteroatoms. The van der Waals surface area contributed by atoms with E-state index in [0.717, 1.165) is 0 Å². The Balaban J connectivity index is 2.90. The first-order valence-corrected chi connectivity index (χ1v) is 5.23. The highest BCUT2D eigenvalue weighted by molar-refractivity contribution is 6.28. The molecule has 0 bridgehead atoms. The molecule has 1 unspecified atom stereocenters. The second kappa shape index (κ2) is 5.38. The van der Waals surface area contributed by atoms with Crippen LogP contribution >= 0.6 is 11.6 Å². The van der Waals surface area contributed by atoms with Gasteiger partial charge in [-0.15, -0.1) is 0 Å². The van der Waals surface area contributed by atoms with Crippen molar-refractivity contribution in [3.8, 4) is 0 Å². The second-order valence-electron chi connectivity index (χ2n) is 3.62. The molecule has 1 atom stereocenters. The zero-order chi connectivity index (χ0) is 13.9. The topological polar surface area (TPSA) is 80.9 Å². The van der Waals surface area contributed by atoms with E-state index in [1.165, 1.54) is 0 Å². The van der Waals surface area contributed by atoms with Crippen LogP contribution in [0.4, 0.5) is 19.0 Å². The maximum Gasteiger partial charge on any atom is 0.433 e. The summed E-state index contributed by atoms with van der Waals surface area (Å²) in [7, 11) is 0. The highest BCUT2D eigenvalue weighted by Gasteiger charge is 2.33. The fraction of sp³-hybridized carbons (Fsp3) is 0.444. The molecule has 0 aliphatic heterocycles. The number of aromatic nitrogens is 2. The van der Waals surface area contributed by atoms with Gasteiger partial charge in [-0.25, -0.2) is 9.97 Å². The van der Waals surface area contributed by atoms with Crippen molar-refractivity contribution in [1.82, 2.24) is 9.97 Å². The van der Waals surface area contributed by atoms with Crippen LogP contribution in [0.25, 0.3) is 0 Å². The molecule has 1 aromatic rings. The maximum atomic E-state index is 12.4. The molecule has 100 valence electrons. The first kappa shape index (κ1) is 14.5. The summed E-state index contributed by atoms with van der Waals surface area (Å²) >= 11 is 5.39. The summed E-state index contributed by atoms with van der Waals surface area (Å²) in [5, 5.41) is 2.06. The minimum atomic E-state index is -4.62. The SMILES string of the molecule is CC(CC(N)=O)Nc1cc(C(F)(F)F)nc(Cl)n1. The lowest BCUT2D eigenvalue weighted by Gasteiger charge is -2.14. The zero-order valence-electron chi connectivity index (χ0n) is 9.25. The highest BCUT2D eigenvalue weighted by atomic mass is 35.5. The number of nitrogens with one attached hydrogen (secondary N) is 1. The van der Waals surface area contributed by atoms with Crippen LogP contribution in [-0.2, 0) is 11.0 Å². The maximum absolute atomic E-state index is 12.4. The average Bonchev–Trinajstić information content (AvgIpc) is 2.13. The third kappa shape index (κ3) is 4.36.